The van der Waals surface area contributed by atoms with Gasteiger partial charge in [-0.05, 0) is 59.6 Å². The quantitative estimate of drug-likeness (QED) is 0.914. The Morgan fingerprint density at radius 1 is 1.42 bits per heavy atom. The van der Waals surface area contributed by atoms with Gasteiger partial charge in [-0.25, -0.2) is 4.39 Å². The predicted octanol–water partition coefficient (Wildman–Crippen LogP) is 3.22. The average Bonchev–Trinajstić information content (AvgIpc) is 2.80. The van der Waals surface area contributed by atoms with Crippen molar-refractivity contribution in [3.8, 4) is 0 Å². The molecule has 1 aromatic carbocycles. The average molecular weight is 326 g/mol. The Hall–Kier alpha value is -1.20. The Morgan fingerprint density at radius 3 is 2.79 bits per heavy atom. The summed E-state index contributed by atoms with van der Waals surface area (Å²) in [4.78, 5) is 0. The minimum absolute atomic E-state index is 0.201. The molecule has 0 amide bonds. The first kappa shape index (κ1) is 14.2. The van der Waals surface area contributed by atoms with E-state index in [1.54, 1.807) is 6.20 Å². The second-order valence-corrected chi connectivity index (χ2v) is 5.35. The molecular weight excluding hydrogens is 309 g/mol. The van der Waals surface area contributed by atoms with Gasteiger partial charge in [-0.15, -0.1) is 0 Å². The van der Waals surface area contributed by atoms with Crippen molar-refractivity contribution in [2.45, 2.75) is 18.9 Å². The van der Waals surface area contributed by atoms with Crippen LogP contribution in [0.4, 0.5) is 4.39 Å². The fraction of sp³-hybridized carbons (Fsp3) is 0.357. The Labute approximate surface area is 121 Å². The highest BCUT2D eigenvalue weighted by Crippen LogP contribution is 2.24. The standard InChI is InChI=1S/C14H17BrFN3/c1-17-14(6-4-11-7-8-18-19(11)2)10-3-5-13(16)12(15)9-10/h3,5,7-9,14,17H,4,6H2,1-2H3. The van der Waals surface area contributed by atoms with E-state index in [1.807, 2.05) is 37.0 Å². The van der Waals surface area contributed by atoms with E-state index in [0.29, 0.717) is 4.47 Å². The van der Waals surface area contributed by atoms with E-state index in [1.165, 1.54) is 11.8 Å². The molecule has 0 fully saturated rings. The lowest BCUT2D eigenvalue weighted by Crippen LogP contribution is -2.17. The van der Waals surface area contributed by atoms with Gasteiger partial charge < -0.3 is 5.32 Å². The second-order valence-electron chi connectivity index (χ2n) is 4.50. The minimum Gasteiger partial charge on any atom is -0.313 e. The molecule has 0 bridgehead atoms. The van der Waals surface area contributed by atoms with Gasteiger partial charge in [0.25, 0.3) is 0 Å². The van der Waals surface area contributed by atoms with E-state index in [9.17, 15) is 4.39 Å². The van der Waals surface area contributed by atoms with Crippen LogP contribution in [0.25, 0.3) is 0 Å². The molecule has 1 unspecified atom stereocenters. The zero-order valence-electron chi connectivity index (χ0n) is 11.0. The highest BCUT2D eigenvalue weighted by atomic mass is 79.9. The summed E-state index contributed by atoms with van der Waals surface area (Å²) in [5, 5.41) is 7.43. The molecule has 2 rings (SSSR count). The van der Waals surface area contributed by atoms with Crippen LogP contribution in [-0.4, -0.2) is 16.8 Å². The summed E-state index contributed by atoms with van der Waals surface area (Å²) in [6.07, 6.45) is 3.67. The number of aryl methyl sites for hydroxylation is 2. The molecule has 0 saturated carbocycles. The predicted molar refractivity (Wildman–Crippen MR) is 77.4 cm³/mol. The largest absolute Gasteiger partial charge is 0.313 e. The molecule has 2 aromatic rings. The van der Waals surface area contributed by atoms with Gasteiger partial charge >= 0.3 is 0 Å². The third-order valence-electron chi connectivity index (χ3n) is 3.31. The number of benzene rings is 1. The summed E-state index contributed by atoms with van der Waals surface area (Å²) in [7, 11) is 3.86. The second kappa shape index (κ2) is 6.30. The highest BCUT2D eigenvalue weighted by molar-refractivity contribution is 9.10. The molecule has 1 atom stereocenters. The first-order valence-corrected chi connectivity index (χ1v) is 7.00. The third-order valence-corrected chi connectivity index (χ3v) is 3.91. The maximum absolute atomic E-state index is 13.2. The van der Waals surface area contributed by atoms with E-state index < -0.39 is 0 Å². The van der Waals surface area contributed by atoms with Gasteiger partial charge in [-0.1, -0.05) is 6.07 Å². The molecule has 0 radical (unpaired) electrons. The number of hydrogen-bond donors (Lipinski definition) is 1. The maximum atomic E-state index is 13.2. The monoisotopic (exact) mass is 325 g/mol. The van der Waals surface area contributed by atoms with Crippen LogP contribution in [0.5, 0.6) is 0 Å². The van der Waals surface area contributed by atoms with E-state index in [-0.39, 0.29) is 11.9 Å². The molecule has 102 valence electrons. The maximum Gasteiger partial charge on any atom is 0.137 e. The number of nitrogens with zero attached hydrogens (tertiary/aromatic N) is 2. The molecule has 5 heteroatoms. The number of aromatic nitrogens is 2. The summed E-state index contributed by atoms with van der Waals surface area (Å²) in [5.74, 6) is -0.231. The van der Waals surface area contributed by atoms with Crippen LogP contribution in [-0.2, 0) is 13.5 Å². The molecule has 1 heterocycles. The van der Waals surface area contributed by atoms with Crippen LogP contribution in [0.3, 0.4) is 0 Å². The van der Waals surface area contributed by atoms with Gasteiger partial charge in [-0.3, -0.25) is 4.68 Å². The lowest BCUT2D eigenvalue weighted by molar-refractivity contribution is 0.533. The SMILES string of the molecule is CNC(CCc1ccnn1C)c1ccc(F)c(Br)c1. The Kier molecular flexibility index (Phi) is 4.71. The molecule has 3 nitrogen and oxygen atoms in total. The highest BCUT2D eigenvalue weighted by Gasteiger charge is 2.12. The van der Waals surface area contributed by atoms with Crippen molar-refractivity contribution in [3.63, 3.8) is 0 Å². The first-order valence-electron chi connectivity index (χ1n) is 6.21. The fourth-order valence-electron chi connectivity index (χ4n) is 2.15. The van der Waals surface area contributed by atoms with E-state index in [0.717, 1.165) is 18.4 Å². The van der Waals surface area contributed by atoms with Crippen LogP contribution in [0.15, 0.2) is 34.9 Å². The molecule has 0 saturated heterocycles. The van der Waals surface area contributed by atoms with Gasteiger partial charge in [-0.2, -0.15) is 5.10 Å². The van der Waals surface area contributed by atoms with E-state index in [4.69, 9.17) is 0 Å². The molecule has 1 N–H and O–H groups in total. The Morgan fingerprint density at radius 2 is 2.21 bits per heavy atom. The lowest BCUT2D eigenvalue weighted by Gasteiger charge is -2.17. The molecule has 0 aliphatic heterocycles. The molecule has 0 aliphatic rings. The van der Waals surface area contributed by atoms with E-state index >= 15 is 0 Å². The third kappa shape index (κ3) is 3.42. The summed E-state index contributed by atoms with van der Waals surface area (Å²) in [6.45, 7) is 0. The topological polar surface area (TPSA) is 29.9 Å². The van der Waals surface area contributed by atoms with Crippen LogP contribution < -0.4 is 5.32 Å². The van der Waals surface area contributed by atoms with Crippen LogP contribution >= 0.6 is 15.9 Å². The number of nitrogens with one attached hydrogen (secondary N) is 1. The normalized spacial score (nSPS) is 12.6. The van der Waals surface area contributed by atoms with Crippen molar-refractivity contribution < 1.29 is 4.39 Å². The Bertz CT molecular complexity index is 553. The van der Waals surface area contributed by atoms with Crippen LogP contribution in [0.2, 0.25) is 0 Å². The summed E-state index contributed by atoms with van der Waals surface area (Å²) in [5.41, 5.74) is 2.28. The van der Waals surface area contributed by atoms with Gasteiger partial charge in [0.2, 0.25) is 0 Å². The van der Waals surface area contributed by atoms with Crippen molar-refractivity contribution >= 4 is 15.9 Å². The van der Waals surface area contributed by atoms with Gasteiger partial charge in [0.15, 0.2) is 0 Å². The summed E-state index contributed by atoms with van der Waals surface area (Å²) in [6, 6.07) is 7.37. The molecule has 0 spiro atoms. The number of halogens is 2. The zero-order valence-corrected chi connectivity index (χ0v) is 12.6. The smallest absolute Gasteiger partial charge is 0.137 e. The van der Waals surface area contributed by atoms with Crippen molar-refractivity contribution in [2.24, 2.45) is 7.05 Å². The molecular formula is C14H17BrFN3. The molecule has 0 aliphatic carbocycles. The van der Waals surface area contributed by atoms with Crippen molar-refractivity contribution in [3.05, 3.63) is 52.0 Å². The van der Waals surface area contributed by atoms with Gasteiger partial charge in [0.1, 0.15) is 5.82 Å². The first-order chi connectivity index (χ1) is 9.11. The Balaban J connectivity index is 2.07. The molecule has 1 aromatic heterocycles. The van der Waals surface area contributed by atoms with Crippen molar-refractivity contribution in [1.82, 2.24) is 15.1 Å². The minimum atomic E-state index is -0.231. The van der Waals surface area contributed by atoms with Gasteiger partial charge in [0, 0.05) is 25.0 Å². The van der Waals surface area contributed by atoms with Gasteiger partial charge in [0.05, 0.1) is 4.47 Å². The van der Waals surface area contributed by atoms with Crippen LogP contribution in [0, 0.1) is 5.82 Å². The molecule has 19 heavy (non-hydrogen) atoms. The van der Waals surface area contributed by atoms with Crippen molar-refractivity contribution in [2.75, 3.05) is 7.05 Å². The number of rotatable bonds is 5. The fourth-order valence-corrected chi connectivity index (χ4v) is 2.54. The number of hydrogen-bond acceptors (Lipinski definition) is 2. The summed E-state index contributed by atoms with van der Waals surface area (Å²) < 4.78 is 15.6. The van der Waals surface area contributed by atoms with E-state index in [2.05, 4.69) is 26.3 Å². The van der Waals surface area contributed by atoms with Crippen LogP contribution in [0.1, 0.15) is 23.7 Å². The zero-order chi connectivity index (χ0) is 13.8. The summed E-state index contributed by atoms with van der Waals surface area (Å²) >= 11 is 3.23. The van der Waals surface area contributed by atoms with Crippen molar-refractivity contribution in [1.29, 1.82) is 0 Å². The lowest BCUT2D eigenvalue weighted by atomic mass is 10.0.